The zero-order chi connectivity index (χ0) is 21.7. The van der Waals surface area contributed by atoms with Crippen molar-refractivity contribution in [3.63, 3.8) is 0 Å². The molecule has 158 valence electrons. The molecule has 2 fully saturated rings. The van der Waals surface area contributed by atoms with Crippen LogP contribution in [0.2, 0.25) is 0 Å². The number of halogens is 1. The number of carbonyl (C=O) groups excluding carboxylic acids is 3. The molecule has 0 spiro atoms. The van der Waals surface area contributed by atoms with Crippen molar-refractivity contribution in [1.29, 1.82) is 0 Å². The van der Waals surface area contributed by atoms with Crippen molar-refractivity contribution in [2.75, 3.05) is 39.5 Å². The lowest BCUT2D eigenvalue weighted by molar-refractivity contribution is -0.137. The topological polar surface area (TPSA) is 88.2 Å². The summed E-state index contributed by atoms with van der Waals surface area (Å²) in [6.07, 6.45) is 3.00. The molecule has 3 amide bonds. The molecule has 0 unspecified atom stereocenters. The van der Waals surface area contributed by atoms with Gasteiger partial charge in [0.25, 0.3) is 17.7 Å². The van der Waals surface area contributed by atoms with Crippen LogP contribution < -0.4 is 10.1 Å². The average molecular weight is 494 g/mol. The lowest BCUT2D eigenvalue weighted by atomic mass is 10.1. The van der Waals surface area contributed by atoms with E-state index < -0.39 is 11.8 Å². The number of thiocarbonyl (C=S) groups is 1. The van der Waals surface area contributed by atoms with Gasteiger partial charge in [-0.05, 0) is 51.9 Å². The summed E-state index contributed by atoms with van der Waals surface area (Å²) in [5, 5.41) is 2.55. The van der Waals surface area contributed by atoms with Crippen LogP contribution in [0.3, 0.4) is 0 Å². The van der Waals surface area contributed by atoms with Gasteiger partial charge in [0, 0.05) is 19.6 Å². The minimum absolute atomic E-state index is 0.0338. The van der Waals surface area contributed by atoms with Crippen LogP contribution in [0.4, 0.5) is 0 Å². The average Bonchev–Trinajstić information content (AvgIpc) is 2.74. The molecule has 0 aliphatic carbocycles. The first-order valence-corrected chi connectivity index (χ1v) is 10.4. The largest absolute Gasteiger partial charge is 0.483 e. The van der Waals surface area contributed by atoms with E-state index in [9.17, 15) is 14.4 Å². The summed E-state index contributed by atoms with van der Waals surface area (Å²) >= 11 is 8.44. The molecule has 0 saturated carbocycles. The number of carbonyl (C=O) groups is 3. The summed E-state index contributed by atoms with van der Waals surface area (Å²) in [5.74, 6) is -0.680. The Labute approximate surface area is 187 Å². The molecular weight excluding hydrogens is 474 g/mol. The van der Waals surface area contributed by atoms with Crippen LogP contribution in [0, 0.1) is 0 Å². The second kappa shape index (κ2) is 9.96. The van der Waals surface area contributed by atoms with Crippen LogP contribution in [-0.2, 0) is 19.1 Å². The van der Waals surface area contributed by atoms with E-state index in [0.29, 0.717) is 42.1 Å². The predicted octanol–water partition coefficient (Wildman–Crippen LogP) is 1.50. The molecule has 30 heavy (non-hydrogen) atoms. The lowest BCUT2D eigenvalue weighted by Gasteiger charge is -2.27. The third-order valence-corrected chi connectivity index (χ3v) is 5.42. The Balaban J connectivity index is 1.70. The fourth-order valence-corrected chi connectivity index (χ4v) is 3.68. The number of amides is 3. The number of hydrogen-bond donors (Lipinski definition) is 1. The number of nitrogens with one attached hydrogen (secondary N) is 1. The number of morpholine rings is 1. The SMILES string of the molecule is C=CCN1C(=O)/C(=C\c2ccc(OCC(=O)N3CCOCC3)c(Br)c2)C(=O)NC1=S. The van der Waals surface area contributed by atoms with Crippen LogP contribution >= 0.6 is 28.1 Å². The lowest BCUT2D eigenvalue weighted by Crippen LogP contribution is -2.53. The number of benzene rings is 1. The first-order chi connectivity index (χ1) is 14.4. The van der Waals surface area contributed by atoms with E-state index in [4.69, 9.17) is 21.7 Å². The summed E-state index contributed by atoms with van der Waals surface area (Å²) in [7, 11) is 0. The van der Waals surface area contributed by atoms with Crippen LogP contribution in [-0.4, -0.2) is 72.1 Å². The van der Waals surface area contributed by atoms with Crippen molar-refractivity contribution in [2.45, 2.75) is 0 Å². The predicted molar refractivity (Wildman–Crippen MR) is 118 cm³/mol. The highest BCUT2D eigenvalue weighted by Crippen LogP contribution is 2.27. The zero-order valence-electron chi connectivity index (χ0n) is 16.1. The fraction of sp³-hybridized carbons (Fsp3) is 0.300. The number of nitrogens with zero attached hydrogens (tertiary/aromatic N) is 2. The van der Waals surface area contributed by atoms with E-state index in [2.05, 4.69) is 27.8 Å². The summed E-state index contributed by atoms with van der Waals surface area (Å²) in [6, 6.07) is 5.06. The first kappa shape index (κ1) is 22.1. The molecule has 2 heterocycles. The Hall–Kier alpha value is -2.56. The molecule has 1 aromatic rings. The van der Waals surface area contributed by atoms with Crippen molar-refractivity contribution >= 4 is 57.1 Å². The maximum Gasteiger partial charge on any atom is 0.265 e. The molecule has 2 aliphatic heterocycles. The smallest absolute Gasteiger partial charge is 0.265 e. The van der Waals surface area contributed by atoms with Crippen LogP contribution in [0.5, 0.6) is 5.75 Å². The standard InChI is InChI=1S/C20H20BrN3O5S/c1-2-5-24-19(27)14(18(26)22-20(24)30)10-13-3-4-16(15(21)11-13)29-12-17(25)23-6-8-28-9-7-23/h2-4,10-11H,1,5-9,12H2,(H,22,26,30)/b14-10-. The van der Waals surface area contributed by atoms with Gasteiger partial charge < -0.3 is 14.4 Å². The van der Waals surface area contributed by atoms with Crippen molar-refractivity contribution < 1.29 is 23.9 Å². The second-order valence-corrected chi connectivity index (χ2v) is 7.73. The van der Waals surface area contributed by atoms with E-state index in [-0.39, 0.29) is 29.7 Å². The van der Waals surface area contributed by atoms with Gasteiger partial charge in [-0.1, -0.05) is 12.1 Å². The molecule has 2 saturated heterocycles. The summed E-state index contributed by atoms with van der Waals surface area (Å²) in [6.45, 7) is 5.86. The van der Waals surface area contributed by atoms with E-state index in [1.165, 1.54) is 17.1 Å². The molecule has 0 aromatic heterocycles. The molecule has 1 N–H and O–H groups in total. The summed E-state index contributed by atoms with van der Waals surface area (Å²) < 4.78 is 11.4. The van der Waals surface area contributed by atoms with Crippen molar-refractivity contribution in [3.8, 4) is 5.75 Å². The molecule has 0 radical (unpaired) electrons. The van der Waals surface area contributed by atoms with E-state index >= 15 is 0 Å². The van der Waals surface area contributed by atoms with Crippen molar-refractivity contribution in [3.05, 3.63) is 46.5 Å². The molecule has 10 heteroatoms. The number of rotatable bonds is 6. The maximum atomic E-state index is 12.6. The summed E-state index contributed by atoms with van der Waals surface area (Å²) in [5.41, 5.74) is 0.576. The van der Waals surface area contributed by atoms with Gasteiger partial charge in [0.15, 0.2) is 11.7 Å². The molecule has 0 bridgehead atoms. The van der Waals surface area contributed by atoms with E-state index in [1.54, 1.807) is 23.1 Å². The van der Waals surface area contributed by atoms with Crippen molar-refractivity contribution in [1.82, 2.24) is 15.1 Å². The highest BCUT2D eigenvalue weighted by Gasteiger charge is 2.32. The zero-order valence-corrected chi connectivity index (χ0v) is 18.5. The molecular formula is C20H20BrN3O5S. The Kier molecular flexibility index (Phi) is 7.35. The molecule has 8 nitrogen and oxygen atoms in total. The molecule has 2 aliphatic rings. The first-order valence-electron chi connectivity index (χ1n) is 9.18. The molecule has 1 aromatic carbocycles. The Morgan fingerprint density at radius 2 is 2.07 bits per heavy atom. The van der Waals surface area contributed by atoms with E-state index in [1.807, 2.05) is 0 Å². The maximum absolute atomic E-state index is 12.6. The second-order valence-electron chi connectivity index (χ2n) is 6.49. The van der Waals surface area contributed by atoms with Gasteiger partial charge in [-0.15, -0.1) is 6.58 Å². The highest BCUT2D eigenvalue weighted by molar-refractivity contribution is 9.10. The minimum Gasteiger partial charge on any atom is -0.483 e. The van der Waals surface area contributed by atoms with Gasteiger partial charge in [-0.2, -0.15) is 0 Å². The van der Waals surface area contributed by atoms with Gasteiger partial charge in [-0.25, -0.2) is 0 Å². The van der Waals surface area contributed by atoms with Gasteiger partial charge in [-0.3, -0.25) is 24.6 Å². The van der Waals surface area contributed by atoms with Crippen LogP contribution in [0.25, 0.3) is 6.08 Å². The monoisotopic (exact) mass is 493 g/mol. The molecule has 0 atom stereocenters. The van der Waals surface area contributed by atoms with Gasteiger partial charge in [0.05, 0.1) is 17.7 Å². The summed E-state index contributed by atoms with van der Waals surface area (Å²) in [4.78, 5) is 40.0. The minimum atomic E-state index is -0.558. The quantitative estimate of drug-likeness (QED) is 0.279. The van der Waals surface area contributed by atoms with Gasteiger partial charge in [0.1, 0.15) is 11.3 Å². The molecule has 3 rings (SSSR count). The fourth-order valence-electron chi connectivity index (χ4n) is 2.92. The van der Waals surface area contributed by atoms with Gasteiger partial charge in [0.2, 0.25) is 0 Å². The number of ether oxygens (including phenoxy) is 2. The van der Waals surface area contributed by atoms with Gasteiger partial charge >= 0.3 is 0 Å². The third-order valence-electron chi connectivity index (χ3n) is 4.48. The number of hydrogen-bond acceptors (Lipinski definition) is 6. The normalized spacial score (nSPS) is 18.4. The van der Waals surface area contributed by atoms with Crippen molar-refractivity contribution in [2.24, 2.45) is 0 Å². The highest BCUT2D eigenvalue weighted by atomic mass is 79.9. The Morgan fingerprint density at radius 3 is 2.73 bits per heavy atom. The third kappa shape index (κ3) is 5.13. The Morgan fingerprint density at radius 1 is 1.33 bits per heavy atom. The van der Waals surface area contributed by atoms with E-state index in [0.717, 1.165) is 0 Å². The van der Waals surface area contributed by atoms with Crippen LogP contribution in [0.15, 0.2) is 40.9 Å². The van der Waals surface area contributed by atoms with Crippen LogP contribution in [0.1, 0.15) is 5.56 Å². The Bertz CT molecular complexity index is 927.